The maximum absolute atomic E-state index is 12.9. The summed E-state index contributed by atoms with van der Waals surface area (Å²) in [6.45, 7) is 9.54. The molecule has 3 aliphatic carbocycles. The van der Waals surface area contributed by atoms with Gasteiger partial charge in [0, 0.05) is 33.8 Å². The quantitative estimate of drug-likeness (QED) is 0.661. The van der Waals surface area contributed by atoms with Gasteiger partial charge in [-0.15, -0.1) is 23.5 Å². The van der Waals surface area contributed by atoms with Gasteiger partial charge in [0.25, 0.3) is 0 Å². The summed E-state index contributed by atoms with van der Waals surface area (Å²) < 4.78 is 0.664. The zero-order valence-electron chi connectivity index (χ0n) is 15.2. The third kappa shape index (κ3) is 2.36. The lowest BCUT2D eigenvalue weighted by Crippen LogP contribution is -2.58. The van der Waals surface area contributed by atoms with E-state index >= 15 is 0 Å². The van der Waals surface area contributed by atoms with E-state index in [0.717, 1.165) is 23.8 Å². The fourth-order valence-electron chi connectivity index (χ4n) is 6.71. The summed E-state index contributed by atoms with van der Waals surface area (Å²) in [6.07, 6.45) is 2.15. The monoisotopic (exact) mass is 402 g/mol. The van der Waals surface area contributed by atoms with Gasteiger partial charge in [0.1, 0.15) is 5.78 Å². The lowest BCUT2D eigenvalue weighted by molar-refractivity contribution is -0.138. The number of hydrogen-bond acceptors (Lipinski definition) is 5. The zero-order chi connectivity index (χ0) is 17.3. The van der Waals surface area contributed by atoms with E-state index in [4.69, 9.17) is 0 Å². The highest BCUT2D eigenvalue weighted by atomic mass is 32.2. The molecule has 0 aromatic rings. The van der Waals surface area contributed by atoms with Crippen molar-refractivity contribution in [1.82, 2.24) is 0 Å². The van der Waals surface area contributed by atoms with Gasteiger partial charge >= 0.3 is 0 Å². The van der Waals surface area contributed by atoms with E-state index < -0.39 is 0 Å². The molecule has 1 saturated heterocycles. The van der Waals surface area contributed by atoms with Crippen LogP contribution in [0.3, 0.4) is 0 Å². The van der Waals surface area contributed by atoms with Crippen LogP contribution in [0.25, 0.3) is 0 Å². The van der Waals surface area contributed by atoms with Gasteiger partial charge in [-0.25, -0.2) is 0 Å². The molecule has 6 atom stereocenters. The van der Waals surface area contributed by atoms with Crippen molar-refractivity contribution < 1.29 is 4.79 Å². The molecule has 0 aromatic heterocycles. The predicted molar refractivity (Wildman–Crippen MR) is 114 cm³/mol. The van der Waals surface area contributed by atoms with Gasteiger partial charge in [0.15, 0.2) is 0 Å². The Balaban J connectivity index is 1.84. The summed E-state index contributed by atoms with van der Waals surface area (Å²) in [6, 6.07) is 0. The third-order valence-corrected chi connectivity index (χ3v) is 13.2. The van der Waals surface area contributed by atoms with E-state index in [0.29, 0.717) is 38.3 Å². The molecular formula is C19H30OS4. The fraction of sp³-hybridized carbons (Fsp3) is 0.947. The lowest BCUT2D eigenvalue weighted by Gasteiger charge is -2.58. The molecule has 4 aliphatic rings. The number of fused-ring (bicyclic) bond motifs is 1. The predicted octanol–water partition coefficient (Wildman–Crippen LogP) is 5.10. The molecule has 0 unspecified atom stereocenters. The van der Waals surface area contributed by atoms with Crippen molar-refractivity contribution in [2.75, 3.05) is 23.0 Å². The maximum Gasteiger partial charge on any atom is 0.139 e. The highest BCUT2D eigenvalue weighted by Gasteiger charge is 2.73. The zero-order valence-corrected chi connectivity index (χ0v) is 18.6. The number of hydrogen-bond donors (Lipinski definition) is 1. The second-order valence-electron chi connectivity index (χ2n) is 9.02. The molecule has 5 heteroatoms. The van der Waals surface area contributed by atoms with Gasteiger partial charge in [-0.05, 0) is 41.8 Å². The van der Waals surface area contributed by atoms with E-state index in [2.05, 4.69) is 75.6 Å². The summed E-state index contributed by atoms with van der Waals surface area (Å²) in [5.41, 5.74) is -0.142. The topological polar surface area (TPSA) is 17.1 Å². The minimum absolute atomic E-state index is 0.142. The molecule has 3 saturated carbocycles. The van der Waals surface area contributed by atoms with Crippen molar-refractivity contribution in [3.05, 3.63) is 0 Å². The first-order valence-corrected chi connectivity index (χ1v) is 12.9. The molecule has 0 N–H and O–H groups in total. The second-order valence-corrected chi connectivity index (χ2v) is 14.2. The number of carbonyl (C=O) groups is 1. The first-order chi connectivity index (χ1) is 11.3. The van der Waals surface area contributed by atoms with E-state index in [1.807, 2.05) is 0 Å². The number of thiol groups is 1. The molecule has 4 rings (SSSR count). The minimum Gasteiger partial charge on any atom is -0.299 e. The Labute approximate surface area is 165 Å². The second kappa shape index (κ2) is 6.04. The number of carbonyl (C=O) groups excluding carboxylic acids is 1. The van der Waals surface area contributed by atoms with Crippen LogP contribution < -0.4 is 0 Å². The Morgan fingerprint density at radius 2 is 1.83 bits per heavy atom. The Morgan fingerprint density at radius 1 is 1.17 bits per heavy atom. The highest BCUT2D eigenvalue weighted by Crippen LogP contribution is 2.76. The normalized spacial score (nSPS) is 48.2. The Kier molecular flexibility index (Phi) is 4.64. The van der Waals surface area contributed by atoms with Gasteiger partial charge in [-0.3, -0.25) is 4.79 Å². The van der Waals surface area contributed by atoms with Crippen molar-refractivity contribution in [2.45, 2.75) is 49.4 Å². The number of rotatable bonds is 3. The molecule has 0 aromatic carbocycles. The number of ketones is 1. The molecule has 1 aliphatic heterocycles. The van der Waals surface area contributed by atoms with Crippen LogP contribution in [0.15, 0.2) is 0 Å². The molecule has 4 bridgehead atoms. The van der Waals surface area contributed by atoms with Crippen LogP contribution in [0, 0.1) is 35.0 Å². The van der Waals surface area contributed by atoms with E-state index in [1.165, 1.54) is 17.9 Å². The molecule has 1 spiro atoms. The van der Waals surface area contributed by atoms with Crippen LogP contribution in [0.2, 0.25) is 0 Å². The van der Waals surface area contributed by atoms with Crippen LogP contribution in [-0.2, 0) is 4.79 Å². The van der Waals surface area contributed by atoms with Gasteiger partial charge in [-0.1, -0.05) is 27.7 Å². The van der Waals surface area contributed by atoms with Gasteiger partial charge in [0.2, 0.25) is 0 Å². The average molecular weight is 403 g/mol. The average Bonchev–Trinajstić information content (AvgIpc) is 3.05. The van der Waals surface area contributed by atoms with Crippen molar-refractivity contribution in [3.63, 3.8) is 0 Å². The Morgan fingerprint density at radius 3 is 2.46 bits per heavy atom. The molecule has 0 amide bonds. The molecule has 1 heterocycles. The first-order valence-electron chi connectivity index (χ1n) is 9.33. The Hall–Kier alpha value is 1.07. The van der Waals surface area contributed by atoms with Crippen LogP contribution in [0.5, 0.6) is 0 Å². The standard InChI is InChI=1S/C19H30OS4/c1-11-12-9-13(20)17(2,3)16-14(11)19(23-7-8-24-19)10-18(4,15(12)16)22-6-5-21/h11-12,14-16,21H,5-10H2,1-4H3/t11-,12-,14+,15+,16+,18-/m0/s1. The lowest BCUT2D eigenvalue weighted by atomic mass is 9.55. The first kappa shape index (κ1) is 18.4. The van der Waals surface area contributed by atoms with E-state index in [9.17, 15) is 4.79 Å². The van der Waals surface area contributed by atoms with Crippen molar-refractivity contribution in [3.8, 4) is 0 Å². The largest absolute Gasteiger partial charge is 0.299 e. The summed E-state index contributed by atoms with van der Waals surface area (Å²) in [7, 11) is 0. The molecule has 136 valence electrons. The van der Waals surface area contributed by atoms with Crippen LogP contribution >= 0.6 is 47.9 Å². The van der Waals surface area contributed by atoms with Crippen LogP contribution in [0.4, 0.5) is 0 Å². The summed E-state index contributed by atoms with van der Waals surface area (Å²) >= 11 is 11.1. The van der Waals surface area contributed by atoms with Gasteiger partial charge in [-0.2, -0.15) is 24.4 Å². The van der Waals surface area contributed by atoms with Gasteiger partial charge < -0.3 is 0 Å². The van der Waals surface area contributed by atoms with Crippen LogP contribution in [0.1, 0.15) is 40.5 Å². The van der Waals surface area contributed by atoms with Crippen molar-refractivity contribution in [2.24, 2.45) is 35.0 Å². The maximum atomic E-state index is 12.9. The smallest absolute Gasteiger partial charge is 0.139 e. The summed E-state index contributed by atoms with van der Waals surface area (Å²) in [5, 5.41) is 0. The summed E-state index contributed by atoms with van der Waals surface area (Å²) in [4.78, 5) is 12.9. The molecule has 0 radical (unpaired) electrons. The number of thioether (sulfide) groups is 3. The van der Waals surface area contributed by atoms with E-state index in [1.54, 1.807) is 0 Å². The highest BCUT2D eigenvalue weighted by molar-refractivity contribution is 8.21. The van der Waals surface area contributed by atoms with Crippen LogP contribution in [-0.4, -0.2) is 37.6 Å². The van der Waals surface area contributed by atoms with Crippen molar-refractivity contribution in [1.29, 1.82) is 0 Å². The fourth-order valence-corrected chi connectivity index (χ4v) is 12.7. The SMILES string of the molecule is C[C@H]1[C@@H]2CC(=O)C(C)(C)[C@@H]3[C@@H]1C1(C[C@](C)(SCCS)[C@H]23)SCCS1. The molecule has 1 nitrogen and oxygen atoms in total. The molecule has 24 heavy (non-hydrogen) atoms. The molecular weight excluding hydrogens is 372 g/mol. The molecule has 4 fully saturated rings. The summed E-state index contributed by atoms with van der Waals surface area (Å²) in [5.74, 6) is 8.51. The Bertz CT molecular complexity index is 541. The van der Waals surface area contributed by atoms with E-state index in [-0.39, 0.29) is 5.41 Å². The minimum atomic E-state index is -0.142. The number of Topliss-reactive ketones (excluding diaryl/α,β-unsaturated/α-hetero) is 1. The van der Waals surface area contributed by atoms with Gasteiger partial charge in [0.05, 0.1) is 4.08 Å². The van der Waals surface area contributed by atoms with Crippen molar-refractivity contribution >= 4 is 53.7 Å². The third-order valence-electron chi connectivity index (χ3n) is 7.56.